The van der Waals surface area contributed by atoms with Crippen LogP contribution in [0.25, 0.3) is 11.3 Å². The standard InChI is InChI=1S/C16H16N6OS/c1-3-22-14-10-8-19-21(2)12(10)4-5-13(14)24-16(22)20-15(23)11-9-17-6-7-18-11/h6-9H,3-5H2,1-2H3. The van der Waals surface area contributed by atoms with Crippen molar-refractivity contribution in [3.8, 4) is 11.3 Å². The van der Waals surface area contributed by atoms with Gasteiger partial charge >= 0.3 is 0 Å². The Labute approximate surface area is 142 Å². The van der Waals surface area contributed by atoms with Crippen LogP contribution in [0.5, 0.6) is 0 Å². The molecule has 7 nitrogen and oxygen atoms in total. The Kier molecular flexibility index (Phi) is 3.61. The molecule has 24 heavy (non-hydrogen) atoms. The van der Waals surface area contributed by atoms with Crippen molar-refractivity contribution in [1.82, 2.24) is 24.3 Å². The number of carbonyl (C=O) groups excluding carboxylic acids is 1. The van der Waals surface area contributed by atoms with Gasteiger partial charge in [-0.15, -0.1) is 11.3 Å². The largest absolute Gasteiger partial charge is 0.316 e. The van der Waals surface area contributed by atoms with Crippen molar-refractivity contribution in [2.75, 3.05) is 0 Å². The Balaban J connectivity index is 1.86. The van der Waals surface area contributed by atoms with E-state index in [1.165, 1.54) is 29.2 Å². The highest BCUT2D eigenvalue weighted by molar-refractivity contribution is 7.09. The van der Waals surface area contributed by atoms with Gasteiger partial charge in [-0.2, -0.15) is 10.1 Å². The summed E-state index contributed by atoms with van der Waals surface area (Å²) in [5.74, 6) is -0.365. The quantitative estimate of drug-likeness (QED) is 0.710. The second-order valence-electron chi connectivity index (χ2n) is 5.54. The number of rotatable bonds is 2. The van der Waals surface area contributed by atoms with E-state index in [9.17, 15) is 4.79 Å². The smallest absolute Gasteiger partial charge is 0.299 e. The molecule has 0 aliphatic heterocycles. The van der Waals surface area contributed by atoms with Crippen LogP contribution in [0.1, 0.15) is 28.0 Å². The average molecular weight is 340 g/mol. The molecule has 1 aliphatic carbocycles. The fourth-order valence-electron chi connectivity index (χ4n) is 3.04. The summed E-state index contributed by atoms with van der Waals surface area (Å²) >= 11 is 1.57. The van der Waals surface area contributed by atoms with E-state index in [-0.39, 0.29) is 11.6 Å². The Hall–Kier alpha value is -2.61. The molecule has 3 aromatic rings. The zero-order valence-corrected chi connectivity index (χ0v) is 14.2. The SMILES string of the molecule is CCn1c2c(sc1=NC(=O)c1cnccn1)CCc1c-2cnn1C. The van der Waals surface area contributed by atoms with Crippen molar-refractivity contribution in [3.05, 3.63) is 45.9 Å². The lowest BCUT2D eigenvalue weighted by Crippen LogP contribution is -2.18. The number of aromatic nitrogens is 5. The van der Waals surface area contributed by atoms with Crippen LogP contribution in [0.4, 0.5) is 0 Å². The van der Waals surface area contributed by atoms with Crippen molar-refractivity contribution in [2.45, 2.75) is 26.3 Å². The Morgan fingerprint density at radius 1 is 1.33 bits per heavy atom. The van der Waals surface area contributed by atoms with Crippen LogP contribution < -0.4 is 4.80 Å². The van der Waals surface area contributed by atoms with Gasteiger partial charge in [0.05, 0.1) is 18.1 Å². The first-order valence-corrected chi connectivity index (χ1v) is 8.59. The third-order valence-electron chi connectivity index (χ3n) is 4.18. The summed E-state index contributed by atoms with van der Waals surface area (Å²) in [5, 5.41) is 4.38. The lowest BCUT2D eigenvalue weighted by Gasteiger charge is -2.15. The number of thiazole rings is 1. The zero-order chi connectivity index (χ0) is 16.7. The fourth-order valence-corrected chi connectivity index (χ4v) is 4.24. The molecule has 0 fully saturated rings. The first-order chi connectivity index (χ1) is 11.7. The molecule has 3 aromatic heterocycles. The van der Waals surface area contributed by atoms with Gasteiger partial charge in [-0.25, -0.2) is 4.98 Å². The predicted molar refractivity (Wildman–Crippen MR) is 89.5 cm³/mol. The second-order valence-corrected chi connectivity index (χ2v) is 6.60. The fraction of sp³-hybridized carbons (Fsp3) is 0.312. The van der Waals surface area contributed by atoms with Gasteiger partial charge in [0.1, 0.15) is 5.69 Å². The van der Waals surface area contributed by atoms with Crippen LogP contribution in [0.2, 0.25) is 0 Å². The number of amides is 1. The van der Waals surface area contributed by atoms with Crippen molar-refractivity contribution < 1.29 is 4.79 Å². The number of fused-ring (bicyclic) bond motifs is 3. The molecule has 0 N–H and O–H groups in total. The molecule has 0 unspecified atom stereocenters. The molecular weight excluding hydrogens is 324 g/mol. The van der Waals surface area contributed by atoms with E-state index in [1.54, 1.807) is 11.3 Å². The number of carbonyl (C=O) groups is 1. The third kappa shape index (κ3) is 2.30. The lowest BCUT2D eigenvalue weighted by atomic mass is 10.00. The minimum absolute atomic E-state index is 0.258. The van der Waals surface area contributed by atoms with Crippen LogP contribution in [0.15, 0.2) is 29.8 Å². The van der Waals surface area contributed by atoms with Crippen molar-refractivity contribution >= 4 is 17.2 Å². The number of hydrogen-bond acceptors (Lipinski definition) is 5. The van der Waals surface area contributed by atoms with Gasteiger partial charge in [-0.1, -0.05) is 0 Å². The van der Waals surface area contributed by atoms with Gasteiger partial charge in [0.25, 0.3) is 5.91 Å². The van der Waals surface area contributed by atoms with Gasteiger partial charge in [0.15, 0.2) is 4.80 Å². The molecule has 4 rings (SSSR count). The monoisotopic (exact) mass is 340 g/mol. The molecule has 8 heteroatoms. The van der Waals surface area contributed by atoms with E-state index < -0.39 is 0 Å². The molecule has 0 aromatic carbocycles. The first kappa shape index (κ1) is 14.9. The predicted octanol–water partition coefficient (Wildman–Crippen LogP) is 1.60. The number of aryl methyl sites for hydroxylation is 2. The molecule has 0 saturated carbocycles. The van der Waals surface area contributed by atoms with E-state index in [0.29, 0.717) is 4.80 Å². The highest BCUT2D eigenvalue weighted by Crippen LogP contribution is 2.34. The molecule has 3 heterocycles. The molecule has 0 saturated heterocycles. The summed E-state index contributed by atoms with van der Waals surface area (Å²) < 4.78 is 4.02. The molecule has 0 spiro atoms. The normalized spacial score (nSPS) is 13.7. The molecule has 122 valence electrons. The minimum atomic E-state index is -0.365. The number of hydrogen-bond donors (Lipinski definition) is 0. The topological polar surface area (TPSA) is 78.0 Å². The summed E-state index contributed by atoms with van der Waals surface area (Å²) in [7, 11) is 1.97. The van der Waals surface area contributed by atoms with Crippen LogP contribution in [0, 0.1) is 0 Å². The van der Waals surface area contributed by atoms with Gasteiger partial charge in [0.2, 0.25) is 0 Å². The minimum Gasteiger partial charge on any atom is -0.316 e. The highest BCUT2D eigenvalue weighted by atomic mass is 32.1. The summed E-state index contributed by atoms with van der Waals surface area (Å²) in [6.07, 6.45) is 8.28. The maximum Gasteiger partial charge on any atom is 0.299 e. The van der Waals surface area contributed by atoms with Gasteiger partial charge in [-0.05, 0) is 19.8 Å². The summed E-state index contributed by atoms with van der Waals surface area (Å²) in [5.41, 5.74) is 3.77. The zero-order valence-electron chi connectivity index (χ0n) is 13.4. The number of nitrogens with zero attached hydrogens (tertiary/aromatic N) is 6. The van der Waals surface area contributed by atoms with Gasteiger partial charge < -0.3 is 4.57 Å². The summed E-state index contributed by atoms with van der Waals surface area (Å²) in [6.45, 7) is 2.80. The van der Waals surface area contributed by atoms with E-state index in [2.05, 4.69) is 31.5 Å². The maximum atomic E-state index is 12.4. The Bertz CT molecular complexity index is 982. The molecular formula is C16H16N6OS. The average Bonchev–Trinajstić information content (AvgIpc) is 3.15. The first-order valence-electron chi connectivity index (χ1n) is 7.78. The second kappa shape index (κ2) is 5.79. The van der Waals surface area contributed by atoms with Crippen molar-refractivity contribution in [1.29, 1.82) is 0 Å². The van der Waals surface area contributed by atoms with Gasteiger partial charge in [-0.3, -0.25) is 14.5 Å². The van der Waals surface area contributed by atoms with Crippen LogP contribution >= 0.6 is 11.3 Å². The molecule has 0 atom stereocenters. The van der Waals surface area contributed by atoms with E-state index in [0.717, 1.165) is 30.6 Å². The van der Waals surface area contributed by atoms with Crippen molar-refractivity contribution in [2.24, 2.45) is 12.0 Å². The molecule has 0 radical (unpaired) electrons. The Morgan fingerprint density at radius 2 is 2.21 bits per heavy atom. The summed E-state index contributed by atoms with van der Waals surface area (Å²) in [6, 6.07) is 0. The maximum absolute atomic E-state index is 12.4. The lowest BCUT2D eigenvalue weighted by molar-refractivity contribution is 0.0992. The highest BCUT2D eigenvalue weighted by Gasteiger charge is 2.25. The van der Waals surface area contributed by atoms with E-state index in [1.807, 2.05) is 17.9 Å². The van der Waals surface area contributed by atoms with E-state index in [4.69, 9.17) is 0 Å². The third-order valence-corrected chi connectivity index (χ3v) is 5.32. The van der Waals surface area contributed by atoms with E-state index >= 15 is 0 Å². The van der Waals surface area contributed by atoms with Crippen LogP contribution in [0.3, 0.4) is 0 Å². The molecule has 1 amide bonds. The summed E-state index contributed by atoms with van der Waals surface area (Å²) in [4.78, 5) is 26.6. The molecule has 1 aliphatic rings. The van der Waals surface area contributed by atoms with Crippen molar-refractivity contribution in [3.63, 3.8) is 0 Å². The van der Waals surface area contributed by atoms with Crippen LogP contribution in [-0.2, 0) is 26.4 Å². The van der Waals surface area contributed by atoms with Gasteiger partial charge in [0, 0.05) is 42.1 Å². The Morgan fingerprint density at radius 3 is 2.96 bits per heavy atom. The molecule has 0 bridgehead atoms. The van der Waals surface area contributed by atoms with Crippen LogP contribution in [-0.4, -0.2) is 30.2 Å².